The van der Waals surface area contributed by atoms with E-state index in [4.69, 9.17) is 5.73 Å². The van der Waals surface area contributed by atoms with Crippen LogP contribution in [0.1, 0.15) is 34.7 Å². The Labute approximate surface area is 159 Å². The van der Waals surface area contributed by atoms with E-state index in [1.54, 1.807) is 11.3 Å². The van der Waals surface area contributed by atoms with Crippen LogP contribution >= 0.6 is 27.3 Å². The van der Waals surface area contributed by atoms with Crippen molar-refractivity contribution in [1.82, 2.24) is 4.98 Å². The number of aromatic nitrogens is 1. The molecular weight excluding hydrogens is 394 g/mol. The molecule has 2 N–H and O–H groups in total. The molecule has 3 nitrogen and oxygen atoms in total. The van der Waals surface area contributed by atoms with Gasteiger partial charge in [-0.1, -0.05) is 30.3 Å². The van der Waals surface area contributed by atoms with Crippen LogP contribution in [0.3, 0.4) is 0 Å². The van der Waals surface area contributed by atoms with E-state index in [0.29, 0.717) is 17.3 Å². The van der Waals surface area contributed by atoms with Crippen molar-refractivity contribution >= 4 is 33.1 Å². The fraction of sp³-hybridized carbons (Fsp3) is 0.200. The summed E-state index contributed by atoms with van der Waals surface area (Å²) in [6.07, 6.45) is 2.85. The summed E-state index contributed by atoms with van der Waals surface area (Å²) in [5.41, 5.74) is 11.2. The highest BCUT2D eigenvalue weighted by Gasteiger charge is 2.27. The van der Waals surface area contributed by atoms with Gasteiger partial charge in [0.25, 0.3) is 0 Å². The van der Waals surface area contributed by atoms with E-state index in [1.165, 1.54) is 11.1 Å². The molecule has 1 atom stereocenters. The van der Waals surface area contributed by atoms with Crippen molar-refractivity contribution in [2.75, 3.05) is 5.73 Å². The van der Waals surface area contributed by atoms with E-state index in [0.717, 1.165) is 39.2 Å². The van der Waals surface area contributed by atoms with Crippen molar-refractivity contribution in [3.8, 4) is 16.5 Å². The lowest BCUT2D eigenvalue weighted by Crippen LogP contribution is -2.17. The number of nitrogens with two attached hydrogens (primary N) is 1. The molecule has 0 saturated heterocycles. The lowest BCUT2D eigenvalue weighted by Gasteiger charge is -2.27. The zero-order valence-corrected chi connectivity index (χ0v) is 15.9. The second-order valence-corrected chi connectivity index (χ2v) is 8.70. The van der Waals surface area contributed by atoms with Crippen LogP contribution in [0.2, 0.25) is 0 Å². The van der Waals surface area contributed by atoms with Gasteiger partial charge in [0.1, 0.15) is 17.5 Å². The summed E-state index contributed by atoms with van der Waals surface area (Å²) in [6.45, 7) is 0. The Morgan fingerprint density at radius 2 is 2.00 bits per heavy atom. The predicted molar refractivity (Wildman–Crippen MR) is 106 cm³/mol. The standard InChI is InChI=1S/C20H16BrN3S/c21-18-9-8-17(25-18)19-14-10-13(12-4-2-1-3-5-12)6-7-16(14)24-20(23)15(19)11-22/h1-5,8-9,13H,6-7,10H2,(H2,23,24). The quantitative estimate of drug-likeness (QED) is 0.624. The van der Waals surface area contributed by atoms with Gasteiger partial charge in [-0.05, 0) is 64.4 Å². The number of nitrogen functional groups attached to an aromatic ring is 1. The maximum Gasteiger partial charge on any atom is 0.142 e. The zero-order chi connectivity index (χ0) is 17.4. The van der Waals surface area contributed by atoms with Gasteiger partial charge in [0.05, 0.1) is 3.79 Å². The number of nitriles is 1. The van der Waals surface area contributed by atoms with Gasteiger partial charge in [-0.15, -0.1) is 11.3 Å². The molecule has 1 unspecified atom stereocenters. The van der Waals surface area contributed by atoms with Gasteiger partial charge in [-0.25, -0.2) is 4.98 Å². The molecular formula is C20H16BrN3S. The summed E-state index contributed by atoms with van der Waals surface area (Å²) in [4.78, 5) is 5.63. The number of halogens is 1. The average Bonchev–Trinajstić information content (AvgIpc) is 3.07. The van der Waals surface area contributed by atoms with E-state index in [1.807, 2.05) is 12.1 Å². The molecule has 0 bridgehead atoms. The number of aryl methyl sites for hydroxylation is 1. The van der Waals surface area contributed by atoms with Crippen LogP contribution in [0.5, 0.6) is 0 Å². The van der Waals surface area contributed by atoms with Crippen molar-refractivity contribution < 1.29 is 0 Å². The van der Waals surface area contributed by atoms with Crippen LogP contribution in [0.4, 0.5) is 5.82 Å². The van der Waals surface area contributed by atoms with Crippen molar-refractivity contribution in [3.05, 3.63) is 68.6 Å². The Balaban J connectivity index is 1.87. The minimum Gasteiger partial charge on any atom is -0.383 e. The van der Waals surface area contributed by atoms with Crippen LogP contribution in [-0.4, -0.2) is 4.98 Å². The highest BCUT2D eigenvalue weighted by Crippen LogP contribution is 2.42. The summed E-state index contributed by atoms with van der Waals surface area (Å²) >= 11 is 5.16. The number of hydrogen-bond acceptors (Lipinski definition) is 4. The highest BCUT2D eigenvalue weighted by molar-refractivity contribution is 9.11. The number of nitrogens with zero attached hydrogens (tertiary/aromatic N) is 2. The van der Waals surface area contributed by atoms with Crippen LogP contribution in [0.15, 0.2) is 46.3 Å². The summed E-state index contributed by atoms with van der Waals surface area (Å²) in [5, 5.41) is 9.67. The van der Waals surface area contributed by atoms with Gasteiger partial charge in [0.2, 0.25) is 0 Å². The first-order chi connectivity index (χ1) is 12.2. The van der Waals surface area contributed by atoms with Gasteiger partial charge in [0.15, 0.2) is 0 Å². The Morgan fingerprint density at radius 3 is 2.68 bits per heavy atom. The molecule has 0 fully saturated rings. The third kappa shape index (κ3) is 2.97. The molecule has 3 aromatic rings. The molecule has 2 aromatic heterocycles. The third-order valence-electron chi connectivity index (χ3n) is 4.79. The van der Waals surface area contributed by atoms with Crippen LogP contribution in [-0.2, 0) is 12.8 Å². The SMILES string of the molecule is N#Cc1c(N)nc2c(c1-c1ccc(Br)s1)CC(c1ccccc1)CC2. The molecule has 0 radical (unpaired) electrons. The van der Waals surface area contributed by atoms with E-state index >= 15 is 0 Å². The van der Waals surface area contributed by atoms with Crippen LogP contribution in [0.25, 0.3) is 10.4 Å². The second kappa shape index (κ2) is 6.62. The number of fused-ring (bicyclic) bond motifs is 1. The fourth-order valence-electron chi connectivity index (χ4n) is 3.62. The van der Waals surface area contributed by atoms with E-state index in [2.05, 4.69) is 57.3 Å². The first-order valence-corrected chi connectivity index (χ1v) is 9.80. The van der Waals surface area contributed by atoms with Gasteiger partial charge in [-0.3, -0.25) is 0 Å². The third-order valence-corrected chi connectivity index (χ3v) is 6.44. The summed E-state index contributed by atoms with van der Waals surface area (Å²) in [6, 6.07) is 16.9. The van der Waals surface area contributed by atoms with E-state index < -0.39 is 0 Å². The Kier molecular flexibility index (Phi) is 4.32. The van der Waals surface area contributed by atoms with E-state index in [9.17, 15) is 5.26 Å². The maximum atomic E-state index is 9.67. The van der Waals surface area contributed by atoms with Crippen molar-refractivity contribution in [2.24, 2.45) is 0 Å². The molecule has 5 heteroatoms. The minimum atomic E-state index is 0.346. The number of hydrogen-bond donors (Lipinski definition) is 1. The predicted octanol–water partition coefficient (Wildman–Crippen LogP) is 5.30. The first kappa shape index (κ1) is 16.3. The summed E-state index contributed by atoms with van der Waals surface area (Å²) < 4.78 is 1.05. The highest BCUT2D eigenvalue weighted by atomic mass is 79.9. The fourth-order valence-corrected chi connectivity index (χ4v) is 5.09. The molecule has 2 heterocycles. The van der Waals surface area contributed by atoms with Gasteiger partial charge in [-0.2, -0.15) is 5.26 Å². The topological polar surface area (TPSA) is 62.7 Å². The Bertz CT molecular complexity index is 973. The lowest BCUT2D eigenvalue weighted by molar-refractivity contribution is 0.576. The number of pyridine rings is 1. The van der Waals surface area contributed by atoms with Crippen molar-refractivity contribution in [1.29, 1.82) is 5.26 Å². The Hall–Kier alpha value is -2.16. The lowest BCUT2D eigenvalue weighted by atomic mass is 9.79. The molecule has 25 heavy (non-hydrogen) atoms. The van der Waals surface area contributed by atoms with Gasteiger partial charge in [0, 0.05) is 16.1 Å². The zero-order valence-electron chi connectivity index (χ0n) is 13.5. The Morgan fingerprint density at radius 1 is 1.20 bits per heavy atom. The maximum absolute atomic E-state index is 9.67. The van der Waals surface area contributed by atoms with Crippen LogP contribution in [0, 0.1) is 11.3 Å². The van der Waals surface area contributed by atoms with Crippen molar-refractivity contribution in [2.45, 2.75) is 25.2 Å². The molecule has 0 amide bonds. The number of rotatable bonds is 2. The normalized spacial score (nSPS) is 16.2. The van der Waals surface area contributed by atoms with E-state index in [-0.39, 0.29) is 0 Å². The first-order valence-electron chi connectivity index (χ1n) is 8.19. The number of benzene rings is 1. The van der Waals surface area contributed by atoms with Crippen molar-refractivity contribution in [3.63, 3.8) is 0 Å². The monoisotopic (exact) mass is 409 g/mol. The smallest absolute Gasteiger partial charge is 0.142 e. The average molecular weight is 410 g/mol. The van der Waals surface area contributed by atoms with Gasteiger partial charge < -0.3 is 5.73 Å². The summed E-state index contributed by atoms with van der Waals surface area (Å²) in [5.74, 6) is 0.798. The minimum absolute atomic E-state index is 0.346. The molecule has 0 aliphatic heterocycles. The molecule has 0 spiro atoms. The largest absolute Gasteiger partial charge is 0.383 e. The molecule has 4 rings (SSSR count). The molecule has 1 aromatic carbocycles. The van der Waals surface area contributed by atoms with Crippen LogP contribution < -0.4 is 5.73 Å². The summed E-state index contributed by atoms with van der Waals surface area (Å²) in [7, 11) is 0. The number of thiophene rings is 1. The molecule has 124 valence electrons. The molecule has 0 saturated carbocycles. The molecule has 1 aliphatic carbocycles. The molecule has 1 aliphatic rings. The number of anilines is 1. The van der Waals surface area contributed by atoms with Gasteiger partial charge >= 0.3 is 0 Å². The second-order valence-electron chi connectivity index (χ2n) is 6.24.